The van der Waals surface area contributed by atoms with Crippen LogP contribution in [0.25, 0.3) is 0 Å². The first-order chi connectivity index (χ1) is 8.13. The van der Waals surface area contributed by atoms with Crippen LogP contribution in [0.5, 0.6) is 0 Å². The summed E-state index contributed by atoms with van der Waals surface area (Å²) in [5.74, 6) is -0.469. The molecule has 100 valence electrons. The molecule has 0 aromatic heterocycles. The lowest BCUT2D eigenvalue weighted by Gasteiger charge is -2.18. The lowest BCUT2D eigenvalue weighted by atomic mass is 10.4. The van der Waals surface area contributed by atoms with Gasteiger partial charge in [-0.3, -0.25) is 0 Å². The largest absolute Gasteiger partial charge is 0.460 e. The molecular weight excluding hydrogens is 224 g/mol. The molecule has 0 heterocycles. The summed E-state index contributed by atoms with van der Waals surface area (Å²) < 4.78 is 15.3. The van der Waals surface area contributed by atoms with Gasteiger partial charge in [-0.25, -0.2) is 4.79 Å². The second-order valence-corrected chi connectivity index (χ2v) is 3.41. The van der Waals surface area contributed by atoms with Crippen LogP contribution in [0.15, 0.2) is 12.2 Å². The maximum absolute atomic E-state index is 11.0. The van der Waals surface area contributed by atoms with Gasteiger partial charge in [0.25, 0.3) is 0 Å². The van der Waals surface area contributed by atoms with Gasteiger partial charge in [-0.1, -0.05) is 13.0 Å². The van der Waals surface area contributed by atoms with Crippen LogP contribution in [0.4, 0.5) is 0 Å². The molecule has 2 unspecified atom stereocenters. The Morgan fingerprint density at radius 3 is 2.53 bits per heavy atom. The van der Waals surface area contributed by atoms with Crippen molar-refractivity contribution in [2.75, 3.05) is 19.8 Å². The first-order valence-corrected chi connectivity index (χ1v) is 5.84. The fourth-order valence-electron chi connectivity index (χ4n) is 1.10. The third-order valence-electron chi connectivity index (χ3n) is 1.88. The maximum atomic E-state index is 11.0. The lowest BCUT2D eigenvalue weighted by molar-refractivity contribution is -0.164. The van der Waals surface area contributed by atoms with E-state index in [0.717, 1.165) is 0 Å². The fraction of sp³-hybridized carbons (Fsp3) is 0.750. The van der Waals surface area contributed by atoms with Crippen LogP contribution < -0.4 is 0 Å². The number of aliphatic hydroxyl groups is 1. The van der Waals surface area contributed by atoms with Crippen molar-refractivity contribution in [1.82, 2.24) is 0 Å². The van der Waals surface area contributed by atoms with Gasteiger partial charge < -0.3 is 19.3 Å². The maximum Gasteiger partial charge on any atom is 0.330 e. The van der Waals surface area contributed by atoms with Gasteiger partial charge in [0.15, 0.2) is 6.29 Å². The Labute approximate surface area is 102 Å². The first kappa shape index (κ1) is 16.1. The molecule has 0 fully saturated rings. The topological polar surface area (TPSA) is 65.0 Å². The van der Waals surface area contributed by atoms with Gasteiger partial charge in [0.05, 0.1) is 6.61 Å². The van der Waals surface area contributed by atoms with E-state index in [1.54, 1.807) is 13.0 Å². The molecule has 0 bridgehead atoms. The summed E-state index contributed by atoms with van der Waals surface area (Å²) in [6.07, 6.45) is 2.43. The van der Waals surface area contributed by atoms with Crippen LogP contribution >= 0.6 is 0 Å². The summed E-state index contributed by atoms with van der Waals surface area (Å²) >= 11 is 0. The number of ether oxygens (including phenoxy) is 3. The number of rotatable bonds is 9. The van der Waals surface area contributed by atoms with Gasteiger partial charge in [-0.05, 0) is 20.3 Å². The Balaban J connectivity index is 3.70. The van der Waals surface area contributed by atoms with Gasteiger partial charge in [0, 0.05) is 12.7 Å². The van der Waals surface area contributed by atoms with Crippen molar-refractivity contribution in [1.29, 1.82) is 0 Å². The minimum absolute atomic E-state index is 0.0776. The van der Waals surface area contributed by atoms with Gasteiger partial charge in [-0.2, -0.15) is 0 Å². The summed E-state index contributed by atoms with van der Waals surface area (Å²) in [6.45, 7) is 6.09. The molecule has 17 heavy (non-hydrogen) atoms. The molecule has 1 N–H and O–H groups in total. The average molecular weight is 246 g/mol. The second-order valence-electron chi connectivity index (χ2n) is 3.41. The second kappa shape index (κ2) is 10.3. The number of esters is 1. The number of carbonyl (C=O) groups is 1. The molecule has 0 rings (SSSR count). The molecule has 0 aromatic rings. The predicted octanol–water partition coefficient (Wildman–Crippen LogP) is 1.26. The standard InChI is InChI=1S/C12H22O5/c1-4-7-11(14)16-8-10(13)9-17-12(5-2)15-6-3/h4,7,10,12-13H,5-6,8-9H2,1-3H3. The molecule has 0 aromatic carbocycles. The molecule has 0 amide bonds. The van der Waals surface area contributed by atoms with Crippen LogP contribution in [0, 0.1) is 0 Å². The molecule has 0 aliphatic carbocycles. The van der Waals surface area contributed by atoms with Crippen molar-refractivity contribution in [2.45, 2.75) is 39.6 Å². The zero-order valence-electron chi connectivity index (χ0n) is 10.7. The van der Waals surface area contributed by atoms with Gasteiger partial charge in [0.2, 0.25) is 0 Å². The summed E-state index contributed by atoms with van der Waals surface area (Å²) in [6, 6.07) is 0. The molecule has 5 nitrogen and oxygen atoms in total. The Morgan fingerprint density at radius 1 is 1.29 bits per heavy atom. The highest BCUT2D eigenvalue weighted by Gasteiger charge is 2.11. The normalized spacial score (nSPS) is 14.8. The number of carbonyl (C=O) groups excluding carboxylic acids is 1. The monoisotopic (exact) mass is 246 g/mol. The van der Waals surface area contributed by atoms with Crippen LogP contribution in [-0.4, -0.2) is 43.3 Å². The summed E-state index contributed by atoms with van der Waals surface area (Å²) in [5.41, 5.74) is 0. The average Bonchev–Trinajstić information content (AvgIpc) is 2.32. The van der Waals surface area contributed by atoms with E-state index in [4.69, 9.17) is 14.2 Å². The zero-order valence-corrected chi connectivity index (χ0v) is 10.7. The molecule has 0 aliphatic rings. The summed E-state index contributed by atoms with van der Waals surface area (Å²) in [4.78, 5) is 11.0. The SMILES string of the molecule is CC=CC(=O)OCC(O)COC(CC)OCC. The predicted molar refractivity (Wildman–Crippen MR) is 63.4 cm³/mol. The molecule has 0 spiro atoms. The highest BCUT2D eigenvalue weighted by molar-refractivity contribution is 5.81. The highest BCUT2D eigenvalue weighted by Crippen LogP contribution is 2.01. The van der Waals surface area contributed by atoms with Crippen LogP contribution in [-0.2, 0) is 19.0 Å². The number of aliphatic hydroxyl groups excluding tert-OH is 1. The van der Waals surface area contributed by atoms with E-state index in [2.05, 4.69) is 0 Å². The van der Waals surface area contributed by atoms with Gasteiger partial charge >= 0.3 is 5.97 Å². The number of hydrogen-bond acceptors (Lipinski definition) is 5. The Hall–Kier alpha value is -0.910. The minimum atomic E-state index is -0.835. The van der Waals surface area contributed by atoms with Crippen molar-refractivity contribution in [3.63, 3.8) is 0 Å². The Kier molecular flexibility index (Phi) is 9.71. The van der Waals surface area contributed by atoms with Crippen molar-refractivity contribution in [2.24, 2.45) is 0 Å². The molecule has 0 radical (unpaired) electrons. The summed E-state index contributed by atoms with van der Waals surface area (Å²) in [5, 5.41) is 9.50. The van der Waals surface area contributed by atoms with Gasteiger partial charge in [0.1, 0.15) is 12.7 Å². The van der Waals surface area contributed by atoms with Gasteiger partial charge in [-0.15, -0.1) is 0 Å². The molecule has 2 atom stereocenters. The van der Waals surface area contributed by atoms with Crippen LogP contribution in [0.2, 0.25) is 0 Å². The molecule has 5 heteroatoms. The van der Waals surface area contributed by atoms with Crippen LogP contribution in [0.1, 0.15) is 27.2 Å². The third kappa shape index (κ3) is 8.85. The van der Waals surface area contributed by atoms with Crippen molar-refractivity contribution in [3.8, 4) is 0 Å². The smallest absolute Gasteiger partial charge is 0.330 e. The highest BCUT2D eigenvalue weighted by atomic mass is 16.7. The van der Waals surface area contributed by atoms with Crippen LogP contribution in [0.3, 0.4) is 0 Å². The first-order valence-electron chi connectivity index (χ1n) is 5.84. The molecule has 0 aliphatic heterocycles. The lowest BCUT2D eigenvalue weighted by Crippen LogP contribution is -2.27. The Bertz CT molecular complexity index is 227. The minimum Gasteiger partial charge on any atom is -0.460 e. The third-order valence-corrected chi connectivity index (χ3v) is 1.88. The zero-order chi connectivity index (χ0) is 13.1. The van der Waals surface area contributed by atoms with Crippen molar-refractivity contribution in [3.05, 3.63) is 12.2 Å². The van der Waals surface area contributed by atoms with E-state index in [9.17, 15) is 9.90 Å². The fourth-order valence-corrected chi connectivity index (χ4v) is 1.10. The quantitative estimate of drug-likeness (QED) is 0.377. The van der Waals surface area contributed by atoms with E-state index in [1.807, 2.05) is 13.8 Å². The van der Waals surface area contributed by atoms with E-state index in [0.29, 0.717) is 13.0 Å². The van der Waals surface area contributed by atoms with E-state index in [1.165, 1.54) is 6.08 Å². The molecular formula is C12H22O5. The summed E-state index contributed by atoms with van der Waals surface area (Å²) in [7, 11) is 0. The van der Waals surface area contributed by atoms with Crippen molar-refractivity contribution >= 4 is 5.97 Å². The van der Waals surface area contributed by atoms with E-state index >= 15 is 0 Å². The Morgan fingerprint density at radius 2 is 2.00 bits per heavy atom. The number of allylic oxidation sites excluding steroid dienone is 1. The van der Waals surface area contributed by atoms with E-state index < -0.39 is 12.1 Å². The molecule has 0 saturated carbocycles. The number of hydrogen-bond donors (Lipinski definition) is 1. The molecule has 0 saturated heterocycles. The van der Waals surface area contributed by atoms with Crippen molar-refractivity contribution < 1.29 is 24.1 Å². The van der Waals surface area contributed by atoms with E-state index in [-0.39, 0.29) is 19.5 Å².